The van der Waals surface area contributed by atoms with Crippen LogP contribution in [0.4, 0.5) is 0 Å². The molecule has 0 bridgehead atoms. The predicted molar refractivity (Wildman–Crippen MR) is 74.7 cm³/mol. The fraction of sp³-hybridized carbons (Fsp3) is 0.357. The monoisotopic (exact) mass is 294 g/mol. The number of carboxylic acid groups (broad SMARTS) is 1. The van der Waals surface area contributed by atoms with Gasteiger partial charge in [-0.1, -0.05) is 18.2 Å². The molecule has 0 aliphatic heterocycles. The topological polar surface area (TPSA) is 119 Å². The summed E-state index contributed by atoms with van der Waals surface area (Å²) < 4.78 is 5.43. The van der Waals surface area contributed by atoms with Crippen molar-refractivity contribution in [2.75, 3.05) is 6.61 Å². The van der Waals surface area contributed by atoms with Gasteiger partial charge in [0.2, 0.25) is 11.8 Å². The first-order valence-electron chi connectivity index (χ1n) is 6.39. The van der Waals surface area contributed by atoms with Crippen molar-refractivity contribution in [2.24, 2.45) is 5.73 Å². The minimum Gasteiger partial charge on any atom is -0.493 e. The molecule has 2 amide bonds. The van der Waals surface area contributed by atoms with Gasteiger partial charge in [0.15, 0.2) is 0 Å². The Balaban J connectivity index is 2.41. The molecule has 1 atom stereocenters. The van der Waals surface area contributed by atoms with E-state index in [0.717, 1.165) is 5.56 Å². The summed E-state index contributed by atoms with van der Waals surface area (Å²) in [5.41, 5.74) is 5.86. The van der Waals surface area contributed by atoms with E-state index in [1.54, 1.807) is 6.07 Å². The van der Waals surface area contributed by atoms with Crippen molar-refractivity contribution < 1.29 is 24.2 Å². The van der Waals surface area contributed by atoms with Gasteiger partial charge in [-0.25, -0.2) is 4.79 Å². The number of hydrogen-bond donors (Lipinski definition) is 3. The summed E-state index contributed by atoms with van der Waals surface area (Å²) in [6, 6.07) is 6.03. The molecule has 1 aromatic rings. The van der Waals surface area contributed by atoms with Gasteiger partial charge < -0.3 is 20.9 Å². The second-order valence-electron chi connectivity index (χ2n) is 4.49. The molecule has 1 aromatic carbocycles. The van der Waals surface area contributed by atoms with Crippen molar-refractivity contribution in [1.82, 2.24) is 5.32 Å². The van der Waals surface area contributed by atoms with E-state index in [0.29, 0.717) is 5.75 Å². The van der Waals surface area contributed by atoms with E-state index in [9.17, 15) is 14.4 Å². The van der Waals surface area contributed by atoms with Crippen LogP contribution in [0.2, 0.25) is 0 Å². The maximum Gasteiger partial charge on any atom is 0.326 e. The van der Waals surface area contributed by atoms with Crippen LogP contribution >= 0.6 is 0 Å². The SMILES string of the molecule is Cc1ccccc1OCCC(=O)NC(CC(N)=O)C(=O)O. The van der Waals surface area contributed by atoms with Crippen molar-refractivity contribution in [3.05, 3.63) is 29.8 Å². The van der Waals surface area contributed by atoms with Crippen LogP contribution in [0.15, 0.2) is 24.3 Å². The van der Waals surface area contributed by atoms with Gasteiger partial charge >= 0.3 is 5.97 Å². The Hall–Kier alpha value is -2.57. The first-order chi connectivity index (χ1) is 9.90. The second-order valence-corrected chi connectivity index (χ2v) is 4.49. The average Bonchev–Trinajstić information content (AvgIpc) is 2.39. The molecular formula is C14H18N2O5. The van der Waals surface area contributed by atoms with E-state index in [4.69, 9.17) is 15.6 Å². The molecule has 21 heavy (non-hydrogen) atoms. The first kappa shape index (κ1) is 16.5. The summed E-state index contributed by atoms with van der Waals surface area (Å²) in [6.45, 7) is 1.99. The molecule has 0 heterocycles. The molecule has 0 saturated carbocycles. The molecule has 0 aliphatic rings. The lowest BCUT2D eigenvalue weighted by atomic mass is 10.2. The van der Waals surface area contributed by atoms with Crippen LogP contribution in [-0.4, -0.2) is 35.5 Å². The zero-order chi connectivity index (χ0) is 15.8. The van der Waals surface area contributed by atoms with Gasteiger partial charge in [-0.2, -0.15) is 0 Å². The number of carbonyl (C=O) groups is 3. The maximum atomic E-state index is 11.6. The third-order valence-corrected chi connectivity index (χ3v) is 2.72. The average molecular weight is 294 g/mol. The molecule has 114 valence electrons. The number of carbonyl (C=O) groups excluding carboxylic acids is 2. The number of carboxylic acids is 1. The molecular weight excluding hydrogens is 276 g/mol. The molecule has 7 heteroatoms. The number of amides is 2. The molecule has 0 fully saturated rings. The van der Waals surface area contributed by atoms with E-state index in [-0.39, 0.29) is 13.0 Å². The third kappa shape index (κ3) is 5.94. The zero-order valence-electron chi connectivity index (χ0n) is 11.7. The largest absolute Gasteiger partial charge is 0.493 e. The second kappa shape index (κ2) is 7.88. The highest BCUT2D eigenvalue weighted by atomic mass is 16.5. The number of rotatable bonds is 8. The van der Waals surface area contributed by atoms with Crippen molar-refractivity contribution in [1.29, 1.82) is 0 Å². The lowest BCUT2D eigenvalue weighted by molar-refractivity contribution is -0.143. The molecule has 0 aliphatic carbocycles. The zero-order valence-corrected chi connectivity index (χ0v) is 11.7. The van der Waals surface area contributed by atoms with Crippen LogP contribution in [-0.2, 0) is 14.4 Å². The maximum absolute atomic E-state index is 11.6. The number of hydrogen-bond acceptors (Lipinski definition) is 4. The quantitative estimate of drug-likeness (QED) is 0.633. The highest BCUT2D eigenvalue weighted by molar-refractivity contribution is 5.88. The Bertz CT molecular complexity index is 530. The fourth-order valence-corrected chi connectivity index (χ4v) is 1.64. The van der Waals surface area contributed by atoms with Gasteiger partial charge in [0.25, 0.3) is 0 Å². The van der Waals surface area contributed by atoms with E-state index in [2.05, 4.69) is 5.32 Å². The van der Waals surface area contributed by atoms with Crippen LogP contribution in [0.1, 0.15) is 18.4 Å². The highest BCUT2D eigenvalue weighted by Gasteiger charge is 2.21. The van der Waals surface area contributed by atoms with Gasteiger partial charge in [0.1, 0.15) is 11.8 Å². The summed E-state index contributed by atoms with van der Waals surface area (Å²) in [6.07, 6.45) is -0.462. The smallest absolute Gasteiger partial charge is 0.326 e. The summed E-state index contributed by atoms with van der Waals surface area (Å²) in [5, 5.41) is 11.1. The minimum atomic E-state index is -1.31. The van der Waals surface area contributed by atoms with Gasteiger partial charge in [-0.05, 0) is 18.6 Å². The van der Waals surface area contributed by atoms with Gasteiger partial charge in [-0.3, -0.25) is 9.59 Å². The van der Waals surface area contributed by atoms with E-state index >= 15 is 0 Å². The number of para-hydroxylation sites is 1. The number of primary amides is 1. The van der Waals surface area contributed by atoms with Gasteiger partial charge in [0.05, 0.1) is 19.4 Å². The molecule has 4 N–H and O–H groups in total. The third-order valence-electron chi connectivity index (χ3n) is 2.72. The fourth-order valence-electron chi connectivity index (χ4n) is 1.64. The summed E-state index contributed by atoms with van der Waals surface area (Å²) in [5.74, 6) is -1.95. The van der Waals surface area contributed by atoms with Crippen molar-refractivity contribution in [2.45, 2.75) is 25.8 Å². The molecule has 7 nitrogen and oxygen atoms in total. The molecule has 0 saturated heterocycles. The van der Waals surface area contributed by atoms with Gasteiger partial charge in [0, 0.05) is 0 Å². The van der Waals surface area contributed by atoms with Crippen LogP contribution in [0.5, 0.6) is 5.75 Å². The normalized spacial score (nSPS) is 11.5. The predicted octanol–water partition coefficient (Wildman–Crippen LogP) is 0.209. The molecule has 0 radical (unpaired) electrons. The van der Waals surface area contributed by atoms with Crippen LogP contribution in [0.3, 0.4) is 0 Å². The van der Waals surface area contributed by atoms with E-state index in [1.165, 1.54) is 0 Å². The number of aryl methyl sites for hydroxylation is 1. The summed E-state index contributed by atoms with van der Waals surface area (Å²) in [7, 11) is 0. The summed E-state index contributed by atoms with van der Waals surface area (Å²) >= 11 is 0. The van der Waals surface area contributed by atoms with Crippen LogP contribution in [0.25, 0.3) is 0 Å². The molecule has 0 spiro atoms. The standard InChI is InChI=1S/C14H18N2O5/c1-9-4-2-3-5-11(9)21-7-6-13(18)16-10(14(19)20)8-12(15)17/h2-5,10H,6-8H2,1H3,(H2,15,17)(H,16,18)(H,19,20). The van der Waals surface area contributed by atoms with Crippen LogP contribution < -0.4 is 15.8 Å². The lowest BCUT2D eigenvalue weighted by Crippen LogP contribution is -2.43. The van der Waals surface area contributed by atoms with Crippen LogP contribution in [0, 0.1) is 6.92 Å². The van der Waals surface area contributed by atoms with Gasteiger partial charge in [-0.15, -0.1) is 0 Å². The number of nitrogens with one attached hydrogen (secondary N) is 1. The van der Waals surface area contributed by atoms with E-state index in [1.807, 2.05) is 25.1 Å². The Morgan fingerprint density at radius 2 is 2.00 bits per heavy atom. The summed E-state index contributed by atoms with van der Waals surface area (Å²) in [4.78, 5) is 33.2. The Kier molecular flexibility index (Phi) is 6.19. The molecule has 1 rings (SSSR count). The van der Waals surface area contributed by atoms with E-state index < -0.39 is 30.2 Å². The first-order valence-corrected chi connectivity index (χ1v) is 6.39. The Morgan fingerprint density at radius 3 is 2.57 bits per heavy atom. The Labute approximate surface area is 122 Å². The van der Waals surface area contributed by atoms with Crippen molar-refractivity contribution >= 4 is 17.8 Å². The number of ether oxygens (including phenoxy) is 1. The molecule has 1 unspecified atom stereocenters. The van der Waals surface area contributed by atoms with Crippen molar-refractivity contribution in [3.8, 4) is 5.75 Å². The highest BCUT2D eigenvalue weighted by Crippen LogP contribution is 2.16. The number of benzene rings is 1. The minimum absolute atomic E-state index is 0.0170. The van der Waals surface area contributed by atoms with Crippen molar-refractivity contribution in [3.63, 3.8) is 0 Å². The number of aliphatic carboxylic acids is 1. The molecule has 0 aromatic heterocycles. The lowest BCUT2D eigenvalue weighted by Gasteiger charge is -2.13. The number of nitrogens with two attached hydrogens (primary N) is 1. The Morgan fingerprint density at radius 1 is 1.33 bits per heavy atom.